The van der Waals surface area contributed by atoms with Crippen molar-refractivity contribution in [3.05, 3.63) is 0 Å². The van der Waals surface area contributed by atoms with E-state index >= 15 is 0 Å². The molecule has 0 aliphatic heterocycles. The molecule has 1 unspecified atom stereocenters. The second-order valence-corrected chi connectivity index (χ2v) is 1.13. The Hall–Kier alpha value is -0.470. The van der Waals surface area contributed by atoms with Gasteiger partial charge in [0.2, 0.25) is 0 Å². The van der Waals surface area contributed by atoms with Crippen LogP contribution in [0, 0.1) is 0 Å². The Balaban J connectivity index is 3.17. The Morgan fingerprint density at radius 2 is 2.43 bits per heavy atom. The van der Waals surface area contributed by atoms with Crippen molar-refractivity contribution in [2.24, 2.45) is 5.73 Å². The Kier molecular flexibility index (Phi) is 3.46. The van der Waals surface area contributed by atoms with Crippen molar-refractivity contribution >= 4 is 14.7 Å². The van der Waals surface area contributed by atoms with Crippen molar-refractivity contribution in [1.29, 1.82) is 0 Å². The van der Waals surface area contributed by atoms with E-state index in [2.05, 4.69) is 4.52 Å². The van der Waals surface area contributed by atoms with Crippen LogP contribution in [0.3, 0.4) is 0 Å². The van der Waals surface area contributed by atoms with Gasteiger partial charge in [0.15, 0.2) is 0 Å². The predicted octanol–water partition coefficient (Wildman–Crippen LogP) is -0.573. The third-order valence-corrected chi connectivity index (χ3v) is 0.633. The molecule has 4 nitrogen and oxygen atoms in total. The van der Waals surface area contributed by atoms with Gasteiger partial charge in [-0.1, -0.05) is 0 Å². The molecule has 0 aromatic heterocycles. The molecule has 2 N–H and O–H groups in total. The van der Waals surface area contributed by atoms with Crippen molar-refractivity contribution in [3.63, 3.8) is 0 Å². The minimum absolute atomic E-state index is 0.213. The fourth-order valence-electron chi connectivity index (χ4n) is 0.0881. The van der Waals surface area contributed by atoms with E-state index in [0.29, 0.717) is 0 Å². The standard InChI is InChI=1S/C2H5NO3P/c3-1-2(4)6-7-5/h7H,1,3H2/q+1. The van der Waals surface area contributed by atoms with Crippen LogP contribution in [0.25, 0.3) is 0 Å². The maximum Gasteiger partial charge on any atom is 0.545 e. The van der Waals surface area contributed by atoms with Gasteiger partial charge in [0.05, 0.1) is 6.54 Å². The number of carbonyl (C=O) groups excluding carboxylic acids is 1. The highest BCUT2D eigenvalue weighted by Crippen LogP contribution is 1.91. The molecule has 0 radical (unpaired) electrons. The van der Waals surface area contributed by atoms with Crippen molar-refractivity contribution < 1.29 is 13.9 Å². The van der Waals surface area contributed by atoms with Gasteiger partial charge >= 0.3 is 14.7 Å². The zero-order valence-electron chi connectivity index (χ0n) is 3.51. The highest BCUT2D eigenvalue weighted by atomic mass is 31.1. The first-order chi connectivity index (χ1) is 3.31. The van der Waals surface area contributed by atoms with Gasteiger partial charge in [0.1, 0.15) is 0 Å². The maximum absolute atomic E-state index is 9.87. The Labute approximate surface area is 41.9 Å². The van der Waals surface area contributed by atoms with Gasteiger partial charge in [-0.3, -0.25) is 0 Å². The third kappa shape index (κ3) is 3.36. The molecule has 1 atom stereocenters. The second-order valence-electron chi connectivity index (χ2n) is 0.762. The van der Waals surface area contributed by atoms with Crippen molar-refractivity contribution in [2.45, 2.75) is 0 Å². The van der Waals surface area contributed by atoms with Gasteiger partial charge in [-0.05, 0) is 4.57 Å². The van der Waals surface area contributed by atoms with Crippen LogP contribution in [-0.2, 0) is 13.9 Å². The van der Waals surface area contributed by atoms with E-state index in [4.69, 9.17) is 5.73 Å². The summed E-state index contributed by atoms with van der Waals surface area (Å²) in [5, 5.41) is 0. The lowest BCUT2D eigenvalue weighted by Crippen LogP contribution is -2.12. The second kappa shape index (κ2) is 3.71. The number of hydrogen-bond donors (Lipinski definition) is 1. The summed E-state index contributed by atoms with van der Waals surface area (Å²) in [5.74, 6) is -0.645. The van der Waals surface area contributed by atoms with Gasteiger partial charge in [-0.15, -0.1) is 0 Å². The Morgan fingerprint density at radius 3 is 2.57 bits per heavy atom. The quantitative estimate of drug-likeness (QED) is 0.498. The van der Waals surface area contributed by atoms with Crippen LogP contribution in [0.1, 0.15) is 0 Å². The van der Waals surface area contributed by atoms with Crippen molar-refractivity contribution in [2.75, 3.05) is 6.54 Å². The molecule has 40 valence electrons. The molecule has 0 aliphatic carbocycles. The topological polar surface area (TPSA) is 69.4 Å². The van der Waals surface area contributed by atoms with E-state index in [9.17, 15) is 9.36 Å². The van der Waals surface area contributed by atoms with E-state index in [1.54, 1.807) is 0 Å². The van der Waals surface area contributed by atoms with Gasteiger partial charge in [0.25, 0.3) is 0 Å². The molecular weight excluding hydrogens is 117 g/mol. The van der Waals surface area contributed by atoms with Crippen LogP contribution < -0.4 is 5.73 Å². The molecule has 0 fully saturated rings. The van der Waals surface area contributed by atoms with E-state index in [1.807, 2.05) is 0 Å². The molecule has 0 saturated carbocycles. The van der Waals surface area contributed by atoms with Gasteiger partial charge in [-0.2, -0.15) is 0 Å². The molecule has 0 spiro atoms. The molecule has 0 rings (SSSR count). The maximum atomic E-state index is 9.87. The summed E-state index contributed by atoms with van der Waals surface area (Å²) in [5.41, 5.74) is 4.75. The zero-order valence-corrected chi connectivity index (χ0v) is 4.51. The van der Waals surface area contributed by atoms with Crippen LogP contribution in [0.15, 0.2) is 0 Å². The minimum Gasteiger partial charge on any atom is -0.321 e. The molecular formula is C2H5NO3P+. The molecule has 0 heterocycles. The lowest BCUT2D eigenvalue weighted by molar-refractivity contribution is -0.131. The first-order valence-electron chi connectivity index (χ1n) is 1.58. The van der Waals surface area contributed by atoms with E-state index in [-0.39, 0.29) is 6.54 Å². The highest BCUT2D eigenvalue weighted by molar-refractivity contribution is 7.18. The summed E-state index contributed by atoms with van der Waals surface area (Å²) >= 11 is 0. The first-order valence-corrected chi connectivity index (χ1v) is 2.39. The minimum atomic E-state index is -1.03. The van der Waals surface area contributed by atoms with E-state index in [0.717, 1.165) is 0 Å². The molecule has 0 amide bonds. The monoisotopic (exact) mass is 122 g/mol. The fraction of sp³-hybridized carbons (Fsp3) is 0.500. The van der Waals surface area contributed by atoms with Crippen LogP contribution >= 0.6 is 8.69 Å². The normalized spacial score (nSPS) is 8.71. The summed E-state index contributed by atoms with van der Waals surface area (Å²) in [6.45, 7) is -0.213. The molecule has 0 bridgehead atoms. The first kappa shape index (κ1) is 6.53. The predicted molar refractivity (Wildman–Crippen MR) is 24.1 cm³/mol. The van der Waals surface area contributed by atoms with Crippen molar-refractivity contribution in [1.82, 2.24) is 0 Å². The summed E-state index contributed by atoms with van der Waals surface area (Å²) in [7, 11) is -1.03. The molecule has 0 saturated heterocycles. The molecule has 7 heavy (non-hydrogen) atoms. The average Bonchev–Trinajstić information content (AvgIpc) is 1.68. The van der Waals surface area contributed by atoms with Gasteiger partial charge < -0.3 is 5.73 Å². The summed E-state index contributed by atoms with van der Waals surface area (Å²) < 4.78 is 13.3. The number of nitrogens with two attached hydrogens (primary N) is 1. The van der Waals surface area contributed by atoms with Crippen LogP contribution in [0.2, 0.25) is 0 Å². The Bertz CT molecular complexity index is 83.0. The van der Waals surface area contributed by atoms with Crippen molar-refractivity contribution in [3.8, 4) is 0 Å². The zero-order chi connectivity index (χ0) is 5.70. The number of carbonyl (C=O) groups is 1. The largest absolute Gasteiger partial charge is 0.545 e. The van der Waals surface area contributed by atoms with Gasteiger partial charge in [-0.25, -0.2) is 9.32 Å². The lowest BCUT2D eigenvalue weighted by atomic mass is 10.7. The van der Waals surface area contributed by atoms with Crippen LogP contribution in [0.5, 0.6) is 0 Å². The molecule has 5 heteroatoms. The highest BCUT2D eigenvalue weighted by Gasteiger charge is 2.00. The van der Waals surface area contributed by atoms with Crippen LogP contribution in [0.4, 0.5) is 0 Å². The summed E-state index contributed by atoms with van der Waals surface area (Å²) in [4.78, 5) is 9.87. The lowest BCUT2D eigenvalue weighted by Gasteiger charge is -1.76. The average molecular weight is 122 g/mol. The fourth-order valence-corrected chi connectivity index (χ4v) is 0.264. The van der Waals surface area contributed by atoms with E-state index in [1.165, 1.54) is 0 Å². The summed E-state index contributed by atoms with van der Waals surface area (Å²) in [6.07, 6.45) is 0. The smallest absolute Gasteiger partial charge is 0.321 e. The third-order valence-electron chi connectivity index (χ3n) is 0.322. The Morgan fingerprint density at radius 1 is 1.86 bits per heavy atom. The molecule has 0 aromatic carbocycles. The number of hydrogen-bond acceptors (Lipinski definition) is 4. The summed E-state index contributed by atoms with van der Waals surface area (Å²) in [6, 6.07) is 0. The molecule has 0 aliphatic rings. The van der Waals surface area contributed by atoms with Crippen LogP contribution in [-0.4, -0.2) is 12.5 Å². The number of rotatable bonds is 2. The van der Waals surface area contributed by atoms with E-state index < -0.39 is 14.7 Å². The molecule has 0 aromatic rings. The van der Waals surface area contributed by atoms with Gasteiger partial charge in [0, 0.05) is 0 Å². The SMILES string of the molecule is NCC(=O)O[PH+]=O.